The molecule has 0 spiro atoms. The maximum Gasteiger partial charge on any atom is 0.205 e. The van der Waals surface area contributed by atoms with Gasteiger partial charge in [-0.05, 0) is 57.0 Å². The Morgan fingerprint density at radius 3 is 2.17 bits per heavy atom. The van der Waals surface area contributed by atoms with Crippen molar-refractivity contribution in [3.05, 3.63) is 76.8 Å². The number of benzene rings is 1. The summed E-state index contributed by atoms with van der Waals surface area (Å²) < 4.78 is 13.7. The van der Waals surface area contributed by atoms with Gasteiger partial charge in [-0.2, -0.15) is 5.26 Å². The fourth-order valence-corrected chi connectivity index (χ4v) is 2.13. The summed E-state index contributed by atoms with van der Waals surface area (Å²) in [4.78, 5) is 9.99. The molecule has 0 radical (unpaired) electrons. The molecule has 0 saturated carbocycles. The van der Waals surface area contributed by atoms with E-state index in [1.807, 2.05) is 72.6 Å². The molecule has 0 atom stereocenters. The van der Waals surface area contributed by atoms with Crippen LogP contribution < -0.4 is 4.90 Å². The molecule has 1 aromatic carbocycles. The first-order valence-corrected chi connectivity index (χ1v) is 10.00. The fraction of sp³-hybridized carbons (Fsp3) is 0.320. The highest BCUT2D eigenvalue weighted by molar-refractivity contribution is 5.57. The molecule has 0 bridgehead atoms. The number of halogens is 1. The Morgan fingerprint density at radius 2 is 1.63 bits per heavy atom. The van der Waals surface area contributed by atoms with E-state index in [4.69, 9.17) is 5.26 Å². The SMILES string of the molecule is CC.CC.CC(C)=C(C#Cc1ncccn1)/C=C(/C)N(C)c1cc(F)cc(C#N)c1. The Kier molecular flexibility index (Phi) is 12.9. The first-order valence-electron chi connectivity index (χ1n) is 10.00. The molecule has 0 aliphatic rings. The van der Waals surface area contributed by atoms with E-state index in [-0.39, 0.29) is 5.56 Å². The molecule has 0 aliphatic carbocycles. The van der Waals surface area contributed by atoms with Gasteiger partial charge in [0, 0.05) is 36.4 Å². The molecule has 2 rings (SSSR count). The van der Waals surface area contributed by atoms with Crippen LogP contribution >= 0.6 is 0 Å². The molecule has 30 heavy (non-hydrogen) atoms. The highest BCUT2D eigenvalue weighted by Crippen LogP contribution is 2.21. The average Bonchev–Trinajstić information content (AvgIpc) is 2.78. The van der Waals surface area contributed by atoms with Crippen LogP contribution in [0.1, 0.15) is 59.9 Å². The average molecular weight is 407 g/mol. The second-order valence-corrected chi connectivity index (χ2v) is 5.89. The van der Waals surface area contributed by atoms with E-state index in [2.05, 4.69) is 21.8 Å². The van der Waals surface area contributed by atoms with E-state index in [0.29, 0.717) is 11.5 Å². The number of nitrogens with zero attached hydrogens (tertiary/aromatic N) is 4. The highest BCUT2D eigenvalue weighted by Gasteiger charge is 2.07. The lowest BCUT2D eigenvalue weighted by atomic mass is 10.1. The molecule has 0 unspecified atom stereocenters. The third-order valence-electron chi connectivity index (χ3n) is 3.69. The van der Waals surface area contributed by atoms with Crippen LogP contribution in [-0.2, 0) is 0 Å². The molecule has 1 aromatic heterocycles. The zero-order valence-electron chi connectivity index (χ0n) is 19.2. The lowest BCUT2D eigenvalue weighted by Crippen LogP contribution is -2.15. The molecule has 5 heteroatoms. The van der Waals surface area contributed by atoms with E-state index in [0.717, 1.165) is 16.8 Å². The van der Waals surface area contributed by atoms with E-state index < -0.39 is 5.82 Å². The van der Waals surface area contributed by atoms with Crippen molar-refractivity contribution in [3.63, 3.8) is 0 Å². The summed E-state index contributed by atoms with van der Waals surface area (Å²) in [5.74, 6) is 6.03. The van der Waals surface area contributed by atoms with Crippen LogP contribution in [0.2, 0.25) is 0 Å². The van der Waals surface area contributed by atoms with Gasteiger partial charge in [-0.1, -0.05) is 39.2 Å². The predicted molar refractivity (Wildman–Crippen MR) is 123 cm³/mol. The molecule has 2 aromatic rings. The monoisotopic (exact) mass is 406 g/mol. The molecular formula is C25H31FN4. The predicted octanol–water partition coefficient (Wildman–Crippen LogP) is 6.27. The molecule has 4 nitrogen and oxygen atoms in total. The molecular weight excluding hydrogens is 375 g/mol. The number of rotatable bonds is 3. The van der Waals surface area contributed by atoms with Gasteiger partial charge in [0.25, 0.3) is 0 Å². The fourth-order valence-electron chi connectivity index (χ4n) is 2.13. The van der Waals surface area contributed by atoms with Gasteiger partial charge < -0.3 is 4.90 Å². The van der Waals surface area contributed by atoms with Gasteiger partial charge in [-0.25, -0.2) is 14.4 Å². The third kappa shape index (κ3) is 8.71. The second-order valence-electron chi connectivity index (χ2n) is 5.89. The Bertz CT molecular complexity index is 954. The van der Waals surface area contributed by atoms with Crippen molar-refractivity contribution in [1.29, 1.82) is 5.26 Å². The summed E-state index contributed by atoms with van der Waals surface area (Å²) in [7, 11) is 1.82. The van der Waals surface area contributed by atoms with Gasteiger partial charge in [0.15, 0.2) is 0 Å². The van der Waals surface area contributed by atoms with Crippen LogP contribution in [-0.4, -0.2) is 17.0 Å². The highest BCUT2D eigenvalue weighted by atomic mass is 19.1. The lowest BCUT2D eigenvalue weighted by molar-refractivity contribution is 0.627. The van der Waals surface area contributed by atoms with Crippen molar-refractivity contribution in [2.75, 3.05) is 11.9 Å². The quantitative estimate of drug-likeness (QED) is 0.445. The minimum absolute atomic E-state index is 0.281. The lowest BCUT2D eigenvalue weighted by Gasteiger charge is -2.20. The van der Waals surface area contributed by atoms with Gasteiger partial charge in [0.1, 0.15) is 5.82 Å². The largest absolute Gasteiger partial charge is 0.348 e. The van der Waals surface area contributed by atoms with E-state index >= 15 is 0 Å². The summed E-state index contributed by atoms with van der Waals surface area (Å²) in [6, 6.07) is 7.95. The van der Waals surface area contributed by atoms with Crippen molar-refractivity contribution in [2.45, 2.75) is 48.5 Å². The van der Waals surface area contributed by atoms with Gasteiger partial charge in [0.2, 0.25) is 5.82 Å². The normalized spacial score (nSPS) is 9.40. The molecule has 0 saturated heterocycles. The van der Waals surface area contributed by atoms with Crippen LogP contribution in [0.15, 0.2) is 59.6 Å². The molecule has 0 fully saturated rings. The first kappa shape index (κ1) is 26.6. The Hall–Kier alpha value is -3.44. The first-order chi connectivity index (χ1) is 14.4. The molecule has 0 N–H and O–H groups in total. The van der Waals surface area contributed by atoms with Crippen molar-refractivity contribution in [3.8, 4) is 17.9 Å². The third-order valence-corrected chi connectivity index (χ3v) is 3.69. The van der Waals surface area contributed by atoms with E-state index in [9.17, 15) is 4.39 Å². The Balaban J connectivity index is 0.00000198. The topological polar surface area (TPSA) is 52.8 Å². The zero-order valence-corrected chi connectivity index (χ0v) is 19.2. The van der Waals surface area contributed by atoms with Gasteiger partial charge >= 0.3 is 0 Å². The summed E-state index contributed by atoms with van der Waals surface area (Å²) >= 11 is 0. The van der Waals surface area contributed by atoms with E-state index in [1.165, 1.54) is 12.1 Å². The van der Waals surface area contributed by atoms with E-state index in [1.54, 1.807) is 24.5 Å². The minimum atomic E-state index is -0.442. The number of hydrogen-bond donors (Lipinski definition) is 0. The van der Waals surface area contributed by atoms with Crippen molar-refractivity contribution in [1.82, 2.24) is 9.97 Å². The molecule has 1 heterocycles. The number of anilines is 1. The van der Waals surface area contributed by atoms with Crippen LogP contribution in [0.25, 0.3) is 0 Å². The molecule has 0 amide bonds. The summed E-state index contributed by atoms with van der Waals surface area (Å²) in [5, 5.41) is 9.02. The van der Waals surface area contributed by atoms with Gasteiger partial charge in [-0.3, -0.25) is 0 Å². The van der Waals surface area contributed by atoms with Gasteiger partial charge in [-0.15, -0.1) is 0 Å². The number of hydrogen-bond acceptors (Lipinski definition) is 4. The standard InChI is InChI=1S/C21H19FN4.2C2H6/c1-15(2)18(6-7-21-24-8-5-9-25-21)10-16(3)26(4)20-12-17(14-23)11-19(22)13-20;2*1-2/h5,8-13H,1-4H3;2*1-2H3/b16-10-;;. The second kappa shape index (κ2) is 14.5. The summed E-state index contributed by atoms with van der Waals surface area (Å²) in [5.41, 5.74) is 3.61. The maximum atomic E-state index is 13.7. The van der Waals surface area contributed by atoms with Gasteiger partial charge in [0.05, 0.1) is 11.6 Å². The van der Waals surface area contributed by atoms with Crippen molar-refractivity contribution < 1.29 is 4.39 Å². The number of aromatic nitrogens is 2. The number of nitriles is 1. The Labute approximate surface area is 180 Å². The Morgan fingerprint density at radius 1 is 1.03 bits per heavy atom. The maximum absolute atomic E-state index is 13.7. The minimum Gasteiger partial charge on any atom is -0.348 e. The van der Waals surface area contributed by atoms with Crippen molar-refractivity contribution in [2.24, 2.45) is 0 Å². The zero-order chi connectivity index (χ0) is 23.1. The van der Waals surface area contributed by atoms with Crippen LogP contribution in [0.3, 0.4) is 0 Å². The molecule has 0 aliphatic heterocycles. The van der Waals surface area contributed by atoms with Crippen molar-refractivity contribution >= 4 is 5.69 Å². The number of allylic oxidation sites excluding steroid dienone is 4. The smallest absolute Gasteiger partial charge is 0.205 e. The molecule has 158 valence electrons. The summed E-state index contributed by atoms with van der Waals surface area (Å²) in [6.45, 7) is 13.8. The van der Waals surface area contributed by atoms with Crippen LogP contribution in [0.5, 0.6) is 0 Å². The van der Waals surface area contributed by atoms with Crippen LogP contribution in [0, 0.1) is 29.0 Å². The van der Waals surface area contributed by atoms with Crippen LogP contribution in [0.4, 0.5) is 10.1 Å². The summed E-state index contributed by atoms with van der Waals surface area (Å²) in [6.07, 6.45) is 5.21.